The highest BCUT2D eigenvalue weighted by atomic mass is 19.1. The first-order valence-corrected chi connectivity index (χ1v) is 6.24. The van der Waals surface area contributed by atoms with E-state index in [1.807, 2.05) is 13.8 Å². The summed E-state index contributed by atoms with van der Waals surface area (Å²) in [6.07, 6.45) is 2.73. The maximum absolute atomic E-state index is 13.9. The Kier molecular flexibility index (Phi) is 4.41. The Bertz CT molecular complexity index is 582. The molecule has 1 aromatic heterocycles. The number of rotatable bonds is 5. The summed E-state index contributed by atoms with van der Waals surface area (Å²) in [5, 5.41) is 9.46. The van der Waals surface area contributed by atoms with E-state index in [2.05, 4.69) is 20.7 Å². The van der Waals surface area contributed by atoms with Crippen molar-refractivity contribution in [1.82, 2.24) is 20.1 Å². The van der Waals surface area contributed by atoms with Crippen LogP contribution in [-0.2, 0) is 4.79 Å². The van der Waals surface area contributed by atoms with Gasteiger partial charge in [0.2, 0.25) is 5.91 Å². The lowest BCUT2D eigenvalue weighted by Gasteiger charge is -2.10. The number of aromatic nitrogens is 3. The van der Waals surface area contributed by atoms with Crippen molar-refractivity contribution >= 4 is 11.6 Å². The lowest BCUT2D eigenvalue weighted by atomic mass is 10.2. The average Bonchev–Trinajstić information content (AvgIpc) is 2.90. The minimum atomic E-state index is -0.481. The quantitative estimate of drug-likeness (QED) is 0.865. The third-order valence-corrected chi connectivity index (χ3v) is 2.57. The first-order valence-electron chi connectivity index (χ1n) is 6.24. The van der Waals surface area contributed by atoms with Crippen LogP contribution in [0.3, 0.4) is 0 Å². The molecule has 20 heavy (non-hydrogen) atoms. The molecule has 2 N–H and O–H groups in total. The van der Waals surface area contributed by atoms with Crippen molar-refractivity contribution in [1.29, 1.82) is 0 Å². The summed E-state index contributed by atoms with van der Waals surface area (Å²) in [6, 6.07) is 4.62. The molecular weight excluding hydrogens is 261 g/mol. The van der Waals surface area contributed by atoms with Crippen molar-refractivity contribution in [3.63, 3.8) is 0 Å². The predicted octanol–water partition coefficient (Wildman–Crippen LogP) is 1.34. The zero-order chi connectivity index (χ0) is 14.5. The van der Waals surface area contributed by atoms with Gasteiger partial charge in [-0.3, -0.25) is 4.79 Å². The SMILES string of the molecule is CC(C)NCC(=O)Nc1ccc(-n2cncn2)c(F)c1. The molecule has 2 aromatic rings. The van der Waals surface area contributed by atoms with E-state index in [0.717, 1.165) is 0 Å². The van der Waals surface area contributed by atoms with Crippen LogP contribution in [0.1, 0.15) is 13.8 Å². The molecule has 0 saturated heterocycles. The number of carbonyl (C=O) groups is 1. The maximum atomic E-state index is 13.9. The van der Waals surface area contributed by atoms with Gasteiger partial charge in [0.1, 0.15) is 18.3 Å². The van der Waals surface area contributed by atoms with Crippen molar-refractivity contribution < 1.29 is 9.18 Å². The highest BCUT2D eigenvalue weighted by Crippen LogP contribution is 2.17. The third kappa shape index (κ3) is 3.61. The Morgan fingerprint density at radius 1 is 1.45 bits per heavy atom. The highest BCUT2D eigenvalue weighted by Gasteiger charge is 2.08. The molecule has 0 spiro atoms. The first kappa shape index (κ1) is 14.1. The van der Waals surface area contributed by atoms with E-state index in [1.54, 1.807) is 6.07 Å². The molecule has 0 aliphatic heterocycles. The summed E-state index contributed by atoms with van der Waals surface area (Å²) in [6.45, 7) is 4.07. The van der Waals surface area contributed by atoms with E-state index in [1.165, 1.54) is 29.5 Å². The highest BCUT2D eigenvalue weighted by molar-refractivity contribution is 5.92. The summed E-state index contributed by atoms with van der Waals surface area (Å²) < 4.78 is 15.2. The number of benzene rings is 1. The fourth-order valence-corrected chi connectivity index (χ4v) is 1.61. The van der Waals surface area contributed by atoms with Crippen LogP contribution < -0.4 is 10.6 Å². The monoisotopic (exact) mass is 277 g/mol. The summed E-state index contributed by atoms with van der Waals surface area (Å²) in [7, 11) is 0. The van der Waals surface area contributed by atoms with Crippen LogP contribution in [0.15, 0.2) is 30.9 Å². The van der Waals surface area contributed by atoms with Gasteiger partial charge in [0, 0.05) is 11.7 Å². The zero-order valence-electron chi connectivity index (χ0n) is 11.3. The molecule has 106 valence electrons. The summed E-state index contributed by atoms with van der Waals surface area (Å²) >= 11 is 0. The molecule has 0 fully saturated rings. The van der Waals surface area contributed by atoms with E-state index >= 15 is 0 Å². The smallest absolute Gasteiger partial charge is 0.238 e. The van der Waals surface area contributed by atoms with E-state index < -0.39 is 5.82 Å². The van der Waals surface area contributed by atoms with E-state index in [4.69, 9.17) is 0 Å². The van der Waals surface area contributed by atoms with Crippen molar-refractivity contribution in [3.05, 3.63) is 36.7 Å². The number of carbonyl (C=O) groups excluding carboxylic acids is 1. The largest absolute Gasteiger partial charge is 0.325 e. The van der Waals surface area contributed by atoms with Crippen molar-refractivity contribution in [2.75, 3.05) is 11.9 Å². The van der Waals surface area contributed by atoms with Crippen molar-refractivity contribution in [2.24, 2.45) is 0 Å². The van der Waals surface area contributed by atoms with Gasteiger partial charge in [0.15, 0.2) is 5.82 Å². The fraction of sp³-hybridized carbons (Fsp3) is 0.308. The number of halogens is 1. The molecule has 1 amide bonds. The van der Waals surface area contributed by atoms with Gasteiger partial charge in [0.25, 0.3) is 0 Å². The molecule has 7 heteroatoms. The second-order valence-corrected chi connectivity index (χ2v) is 4.59. The van der Waals surface area contributed by atoms with Crippen LogP contribution in [0.4, 0.5) is 10.1 Å². The van der Waals surface area contributed by atoms with Crippen LogP contribution in [-0.4, -0.2) is 33.3 Å². The van der Waals surface area contributed by atoms with E-state index in [9.17, 15) is 9.18 Å². The lowest BCUT2D eigenvalue weighted by Crippen LogP contribution is -2.32. The van der Waals surface area contributed by atoms with Crippen LogP contribution >= 0.6 is 0 Å². The Morgan fingerprint density at radius 2 is 2.25 bits per heavy atom. The Labute approximate surface area is 116 Å². The number of amides is 1. The number of nitrogens with zero attached hydrogens (tertiary/aromatic N) is 3. The normalized spacial score (nSPS) is 10.8. The molecule has 0 aliphatic rings. The summed E-state index contributed by atoms with van der Waals surface area (Å²) in [4.78, 5) is 15.4. The van der Waals surface area contributed by atoms with Gasteiger partial charge in [-0.2, -0.15) is 5.10 Å². The molecule has 0 bridgehead atoms. The number of hydrogen-bond donors (Lipinski definition) is 2. The zero-order valence-corrected chi connectivity index (χ0v) is 11.3. The van der Waals surface area contributed by atoms with Gasteiger partial charge in [0.05, 0.1) is 6.54 Å². The maximum Gasteiger partial charge on any atom is 0.238 e. The van der Waals surface area contributed by atoms with Gasteiger partial charge < -0.3 is 10.6 Å². The van der Waals surface area contributed by atoms with Gasteiger partial charge in [-0.15, -0.1) is 0 Å². The van der Waals surface area contributed by atoms with Crippen molar-refractivity contribution in [3.8, 4) is 5.69 Å². The fourth-order valence-electron chi connectivity index (χ4n) is 1.61. The molecule has 0 saturated carbocycles. The number of anilines is 1. The molecule has 1 heterocycles. The lowest BCUT2D eigenvalue weighted by molar-refractivity contribution is -0.115. The van der Waals surface area contributed by atoms with Crippen LogP contribution in [0.5, 0.6) is 0 Å². The molecular formula is C13H16FN5O. The standard InChI is InChI=1S/C13H16FN5O/c1-9(2)16-6-13(20)18-10-3-4-12(11(14)5-10)19-8-15-7-17-19/h3-5,7-9,16H,6H2,1-2H3,(H,18,20). The second kappa shape index (κ2) is 6.25. The Morgan fingerprint density at radius 3 is 2.85 bits per heavy atom. The van der Waals surface area contributed by atoms with Gasteiger partial charge in [-0.1, -0.05) is 13.8 Å². The second-order valence-electron chi connectivity index (χ2n) is 4.59. The van der Waals surface area contributed by atoms with Crippen LogP contribution in [0.2, 0.25) is 0 Å². The Hall–Kier alpha value is -2.28. The van der Waals surface area contributed by atoms with Gasteiger partial charge in [-0.05, 0) is 18.2 Å². The van der Waals surface area contributed by atoms with E-state index in [-0.39, 0.29) is 24.2 Å². The third-order valence-electron chi connectivity index (χ3n) is 2.57. The van der Waals surface area contributed by atoms with Crippen LogP contribution in [0, 0.1) is 5.82 Å². The molecule has 0 atom stereocenters. The minimum absolute atomic E-state index is 0.185. The van der Waals surface area contributed by atoms with Gasteiger partial charge in [-0.25, -0.2) is 14.1 Å². The molecule has 2 rings (SSSR count). The van der Waals surface area contributed by atoms with Crippen LogP contribution in [0.25, 0.3) is 5.69 Å². The molecule has 0 radical (unpaired) electrons. The summed E-state index contributed by atoms with van der Waals surface area (Å²) in [5.74, 6) is -0.697. The Balaban J connectivity index is 2.04. The first-order chi connectivity index (χ1) is 9.56. The molecule has 0 aliphatic carbocycles. The minimum Gasteiger partial charge on any atom is -0.325 e. The molecule has 1 aromatic carbocycles. The topological polar surface area (TPSA) is 71.8 Å². The molecule has 0 unspecified atom stereocenters. The average molecular weight is 277 g/mol. The van der Waals surface area contributed by atoms with E-state index in [0.29, 0.717) is 5.69 Å². The molecule has 6 nitrogen and oxygen atoms in total. The van der Waals surface area contributed by atoms with Crippen molar-refractivity contribution in [2.45, 2.75) is 19.9 Å². The number of nitrogens with one attached hydrogen (secondary N) is 2. The number of hydrogen-bond acceptors (Lipinski definition) is 4. The summed E-state index contributed by atoms with van der Waals surface area (Å²) in [5.41, 5.74) is 0.683. The predicted molar refractivity (Wildman–Crippen MR) is 73.1 cm³/mol. The van der Waals surface area contributed by atoms with Gasteiger partial charge >= 0.3 is 0 Å².